The van der Waals surface area contributed by atoms with Gasteiger partial charge in [-0.25, -0.2) is 0 Å². The molecule has 0 unspecified atom stereocenters. The van der Waals surface area contributed by atoms with Crippen LogP contribution < -0.4 is 0 Å². The number of rotatable bonds is 7. The van der Waals surface area contributed by atoms with Crippen LogP contribution in [0.4, 0.5) is 0 Å². The maximum absolute atomic E-state index is 13.5. The average Bonchev–Trinajstić information content (AvgIpc) is 3.31. The van der Waals surface area contributed by atoms with Gasteiger partial charge in [0.15, 0.2) is 0 Å². The zero-order valence-electron chi connectivity index (χ0n) is 17.3. The number of carbonyl (C=O) groups is 2. The maximum atomic E-state index is 13.5. The second kappa shape index (κ2) is 7.64. The number of hydrogen-bond donors (Lipinski definition) is 0. The Morgan fingerprint density at radius 1 is 1.30 bits per heavy atom. The van der Waals surface area contributed by atoms with Crippen molar-refractivity contribution >= 4 is 11.9 Å². The van der Waals surface area contributed by atoms with Gasteiger partial charge in [-0.15, -0.1) is 0 Å². The zero-order valence-corrected chi connectivity index (χ0v) is 17.3. The van der Waals surface area contributed by atoms with Crippen LogP contribution in [-0.2, 0) is 22.5 Å². The number of nitrogens with zero attached hydrogens (tertiary/aromatic N) is 3. The molecule has 6 heteroatoms. The summed E-state index contributed by atoms with van der Waals surface area (Å²) >= 11 is 0. The molecule has 1 amide bonds. The average molecular weight is 376 g/mol. The van der Waals surface area contributed by atoms with Crippen LogP contribution in [0.25, 0.3) is 0 Å². The van der Waals surface area contributed by atoms with Crippen LogP contribution in [0.5, 0.6) is 0 Å². The molecule has 2 aliphatic heterocycles. The molecule has 3 rings (SSSR count). The molecule has 1 aromatic heterocycles. The first-order chi connectivity index (χ1) is 12.9. The van der Waals surface area contributed by atoms with Crippen molar-refractivity contribution in [3.63, 3.8) is 0 Å². The van der Waals surface area contributed by atoms with E-state index in [1.54, 1.807) is 0 Å². The lowest BCUT2D eigenvalue weighted by Crippen LogP contribution is -2.46. The normalized spacial score (nSPS) is 26.8. The van der Waals surface area contributed by atoms with E-state index >= 15 is 0 Å². The molecule has 0 aromatic carbocycles. The van der Waals surface area contributed by atoms with Gasteiger partial charge in [0.05, 0.1) is 17.7 Å². The number of aromatic nitrogens is 2. The van der Waals surface area contributed by atoms with E-state index < -0.39 is 5.41 Å². The van der Waals surface area contributed by atoms with Gasteiger partial charge in [-0.1, -0.05) is 20.8 Å². The van der Waals surface area contributed by atoms with Crippen molar-refractivity contribution in [2.45, 2.75) is 85.4 Å². The molecule has 6 nitrogen and oxygen atoms in total. The Hall–Kier alpha value is -1.85. The van der Waals surface area contributed by atoms with Gasteiger partial charge in [-0.2, -0.15) is 5.10 Å². The lowest BCUT2D eigenvalue weighted by Gasteiger charge is -2.34. The first-order valence-electron chi connectivity index (χ1n) is 10.4. The minimum atomic E-state index is -0.549. The van der Waals surface area contributed by atoms with Crippen molar-refractivity contribution < 1.29 is 14.3 Å². The molecule has 2 bridgehead atoms. The summed E-state index contributed by atoms with van der Waals surface area (Å²) in [6, 6.07) is 2.01. The number of aryl methyl sites for hydroxylation is 1. The van der Waals surface area contributed by atoms with E-state index in [4.69, 9.17) is 4.74 Å². The topological polar surface area (TPSA) is 64.4 Å². The molecular weight excluding hydrogens is 342 g/mol. The summed E-state index contributed by atoms with van der Waals surface area (Å²) in [5.74, 6) is 0.376. The van der Waals surface area contributed by atoms with Crippen molar-refractivity contribution in [2.75, 3.05) is 6.61 Å². The molecular formula is C21H33N3O3. The smallest absolute Gasteiger partial charge is 0.314 e. The number of ether oxygens (including phenoxy) is 1. The van der Waals surface area contributed by atoms with Crippen LogP contribution in [0.3, 0.4) is 0 Å². The highest BCUT2D eigenvalue weighted by atomic mass is 16.5. The van der Waals surface area contributed by atoms with Gasteiger partial charge < -0.3 is 9.64 Å². The predicted molar refractivity (Wildman–Crippen MR) is 103 cm³/mol. The highest BCUT2D eigenvalue weighted by Crippen LogP contribution is 2.52. The summed E-state index contributed by atoms with van der Waals surface area (Å²) in [6.45, 7) is 11.2. The molecule has 150 valence electrons. The standard InChI is InChI=1S/C21H33N3O3/c1-6-21(20(26)27-8-3)13-16-9-10-18(21)24(16)19(25)17-12-15(11-14(4)5)22-23(17)7-2/h12,14,16,18H,6-11,13H2,1-5H3/t16-,18+,21+/m1/s1. The predicted octanol–water partition coefficient (Wildman–Crippen LogP) is 3.44. The highest BCUT2D eigenvalue weighted by Gasteiger charge is 2.61. The van der Waals surface area contributed by atoms with Crippen molar-refractivity contribution in [1.29, 1.82) is 0 Å². The summed E-state index contributed by atoms with van der Waals surface area (Å²) in [4.78, 5) is 28.2. The van der Waals surface area contributed by atoms with Gasteiger partial charge in [0.2, 0.25) is 0 Å². The van der Waals surface area contributed by atoms with Gasteiger partial charge in [0.25, 0.3) is 5.91 Å². The third-order valence-corrected chi connectivity index (χ3v) is 6.25. The first-order valence-corrected chi connectivity index (χ1v) is 10.4. The molecule has 1 aromatic rings. The van der Waals surface area contributed by atoms with Crippen molar-refractivity contribution in [1.82, 2.24) is 14.7 Å². The molecule has 0 N–H and O–H groups in total. The van der Waals surface area contributed by atoms with E-state index in [1.165, 1.54) is 0 Å². The third kappa shape index (κ3) is 3.27. The van der Waals surface area contributed by atoms with Crippen LogP contribution in [0.1, 0.15) is 76.5 Å². The second-order valence-corrected chi connectivity index (χ2v) is 8.33. The van der Waals surface area contributed by atoms with Crippen molar-refractivity contribution in [3.8, 4) is 0 Å². The Labute approximate surface area is 162 Å². The van der Waals surface area contributed by atoms with E-state index in [0.29, 0.717) is 31.2 Å². The van der Waals surface area contributed by atoms with Gasteiger partial charge in [-0.05, 0) is 57.9 Å². The van der Waals surface area contributed by atoms with Crippen molar-refractivity contribution in [2.24, 2.45) is 11.3 Å². The number of carbonyl (C=O) groups excluding carboxylic acids is 2. The quantitative estimate of drug-likeness (QED) is 0.685. The number of amides is 1. The van der Waals surface area contributed by atoms with E-state index in [9.17, 15) is 9.59 Å². The van der Waals surface area contributed by atoms with Crippen LogP contribution >= 0.6 is 0 Å². The second-order valence-electron chi connectivity index (χ2n) is 8.33. The monoisotopic (exact) mass is 375 g/mol. The third-order valence-electron chi connectivity index (χ3n) is 6.25. The van der Waals surface area contributed by atoms with E-state index in [-0.39, 0.29) is 24.0 Å². The zero-order chi connectivity index (χ0) is 19.8. The summed E-state index contributed by atoms with van der Waals surface area (Å²) in [5, 5.41) is 4.63. The van der Waals surface area contributed by atoms with E-state index in [1.807, 2.05) is 36.4 Å². The van der Waals surface area contributed by atoms with Gasteiger partial charge in [0.1, 0.15) is 5.69 Å². The lowest BCUT2D eigenvalue weighted by molar-refractivity contribution is -0.157. The molecule has 2 fully saturated rings. The summed E-state index contributed by atoms with van der Waals surface area (Å²) < 4.78 is 7.22. The SMILES string of the molecule is CCOC(=O)[C@@]1(CC)C[C@H]2CC[C@@H]1N2C(=O)c1cc(CC(C)C)nn1CC. The Balaban J connectivity index is 1.90. The molecule has 3 heterocycles. The van der Waals surface area contributed by atoms with Gasteiger partial charge in [0, 0.05) is 18.6 Å². The molecule has 27 heavy (non-hydrogen) atoms. The number of esters is 1. The van der Waals surface area contributed by atoms with E-state index in [0.717, 1.165) is 31.4 Å². The molecule has 0 radical (unpaired) electrons. The molecule has 0 aliphatic carbocycles. The minimum absolute atomic E-state index is 0.0199. The van der Waals surface area contributed by atoms with Gasteiger partial charge >= 0.3 is 5.97 Å². The largest absolute Gasteiger partial charge is 0.466 e. The Bertz CT molecular complexity index is 712. The molecule has 3 atom stereocenters. The number of hydrogen-bond acceptors (Lipinski definition) is 4. The fourth-order valence-electron chi connectivity index (χ4n) is 5.04. The Morgan fingerprint density at radius 2 is 2.04 bits per heavy atom. The lowest BCUT2D eigenvalue weighted by atomic mass is 9.72. The van der Waals surface area contributed by atoms with E-state index in [2.05, 4.69) is 18.9 Å². The summed E-state index contributed by atoms with van der Waals surface area (Å²) in [5.41, 5.74) is 1.07. The highest BCUT2D eigenvalue weighted by molar-refractivity contribution is 5.95. The molecule has 2 aliphatic rings. The minimum Gasteiger partial charge on any atom is -0.466 e. The Morgan fingerprint density at radius 3 is 2.63 bits per heavy atom. The summed E-state index contributed by atoms with van der Waals surface area (Å²) in [7, 11) is 0. The fourth-order valence-corrected chi connectivity index (χ4v) is 5.04. The summed E-state index contributed by atoms with van der Waals surface area (Å²) in [6.07, 6.45) is 4.14. The molecule has 0 spiro atoms. The van der Waals surface area contributed by atoms with Crippen molar-refractivity contribution in [3.05, 3.63) is 17.5 Å². The van der Waals surface area contributed by atoms with Crippen LogP contribution in [0.2, 0.25) is 0 Å². The Kier molecular flexibility index (Phi) is 5.63. The first kappa shape index (κ1) is 19.9. The fraction of sp³-hybridized carbons (Fsp3) is 0.762. The maximum Gasteiger partial charge on any atom is 0.314 e. The molecule has 0 saturated carbocycles. The van der Waals surface area contributed by atoms with Gasteiger partial charge in [-0.3, -0.25) is 14.3 Å². The van der Waals surface area contributed by atoms with Crippen LogP contribution in [0, 0.1) is 11.3 Å². The van der Waals surface area contributed by atoms with Crippen LogP contribution in [-0.4, -0.2) is 45.2 Å². The van der Waals surface area contributed by atoms with Crippen LogP contribution in [0.15, 0.2) is 6.07 Å². The molecule has 2 saturated heterocycles. The number of fused-ring (bicyclic) bond motifs is 2.